The lowest BCUT2D eigenvalue weighted by atomic mass is 9.61. The fraction of sp³-hybridized carbons (Fsp3) is 0.857. The Hall–Kier alpha value is -1.51. The van der Waals surface area contributed by atoms with Gasteiger partial charge in [-0.3, -0.25) is 14.4 Å². The van der Waals surface area contributed by atoms with E-state index in [1.807, 2.05) is 13.1 Å². The van der Waals surface area contributed by atoms with E-state index in [-0.39, 0.29) is 11.3 Å². The van der Waals surface area contributed by atoms with Crippen LogP contribution >= 0.6 is 0 Å². The lowest BCUT2D eigenvalue weighted by molar-refractivity contribution is -0.145. The Kier molecular flexibility index (Phi) is 6.51. The Morgan fingerprint density at radius 3 is 2.86 bits per heavy atom. The molecule has 4 rings (SSSR count). The quantitative estimate of drug-likeness (QED) is 0.760. The number of ether oxygens (including phenoxy) is 1. The van der Waals surface area contributed by atoms with E-state index in [1.54, 1.807) is 4.68 Å². The molecule has 2 aliphatic heterocycles. The lowest BCUT2D eigenvalue weighted by Gasteiger charge is -2.53. The number of fused-ring (bicyclic) bond motifs is 1. The van der Waals surface area contributed by atoms with Gasteiger partial charge in [-0.2, -0.15) is 0 Å². The predicted octanol–water partition coefficient (Wildman–Crippen LogP) is 0.916. The highest BCUT2D eigenvalue weighted by Gasteiger charge is 2.52. The van der Waals surface area contributed by atoms with Gasteiger partial charge in [-0.1, -0.05) is 12.1 Å². The third-order valence-electron chi connectivity index (χ3n) is 7.30. The van der Waals surface area contributed by atoms with E-state index in [2.05, 4.69) is 32.4 Å². The molecule has 1 saturated carbocycles. The minimum atomic E-state index is -0.241. The largest absolute Gasteiger partial charge is 0.379 e. The minimum Gasteiger partial charge on any atom is -0.379 e. The van der Waals surface area contributed by atoms with Crippen molar-refractivity contribution in [2.45, 2.75) is 52.1 Å². The van der Waals surface area contributed by atoms with Crippen LogP contribution in [0.2, 0.25) is 0 Å². The number of carbonyl (C=O) groups excluding carboxylic acids is 1. The third kappa shape index (κ3) is 4.49. The first-order chi connectivity index (χ1) is 14.1. The zero-order chi connectivity index (χ0) is 20.3. The molecule has 3 heterocycles. The number of aryl methyl sites for hydroxylation is 1. The smallest absolute Gasteiger partial charge is 0.227 e. The number of piperidine rings is 1. The van der Waals surface area contributed by atoms with Gasteiger partial charge in [0.1, 0.15) is 0 Å². The molecule has 8 nitrogen and oxygen atoms in total. The number of hydrogen-bond donors (Lipinski definition) is 1. The average molecular weight is 405 g/mol. The third-order valence-corrected chi connectivity index (χ3v) is 7.30. The van der Waals surface area contributed by atoms with Crippen LogP contribution in [0.15, 0.2) is 6.20 Å². The Balaban J connectivity index is 1.41. The highest BCUT2D eigenvalue weighted by Crippen LogP contribution is 2.47. The maximum atomic E-state index is 13.5. The number of likely N-dealkylation sites (tertiary alicyclic amines) is 1. The van der Waals surface area contributed by atoms with Crippen molar-refractivity contribution in [2.24, 2.45) is 11.3 Å². The van der Waals surface area contributed by atoms with Crippen molar-refractivity contribution in [1.82, 2.24) is 30.1 Å². The second kappa shape index (κ2) is 9.10. The van der Waals surface area contributed by atoms with Crippen LogP contribution in [0.3, 0.4) is 0 Å². The summed E-state index contributed by atoms with van der Waals surface area (Å²) in [4.78, 5) is 18.5. The van der Waals surface area contributed by atoms with Crippen LogP contribution in [0.25, 0.3) is 0 Å². The Labute approximate surface area is 173 Å². The molecule has 3 fully saturated rings. The van der Waals surface area contributed by atoms with Gasteiger partial charge >= 0.3 is 0 Å². The van der Waals surface area contributed by atoms with Crippen molar-refractivity contribution in [3.63, 3.8) is 0 Å². The molecule has 0 spiro atoms. The normalized spacial score (nSPS) is 31.4. The summed E-state index contributed by atoms with van der Waals surface area (Å²) >= 11 is 0. The van der Waals surface area contributed by atoms with Crippen LogP contribution in [-0.2, 0) is 16.1 Å². The minimum absolute atomic E-state index is 0.241. The maximum Gasteiger partial charge on any atom is 0.227 e. The molecule has 0 aromatic carbocycles. The van der Waals surface area contributed by atoms with E-state index in [1.165, 1.54) is 0 Å². The van der Waals surface area contributed by atoms with Gasteiger partial charge in [-0.05, 0) is 51.6 Å². The fourth-order valence-corrected chi connectivity index (χ4v) is 5.60. The van der Waals surface area contributed by atoms with Gasteiger partial charge in [-0.15, -0.1) is 5.10 Å². The molecule has 1 aromatic heterocycles. The summed E-state index contributed by atoms with van der Waals surface area (Å²) in [5.41, 5.74) is 0.664. The fourth-order valence-electron chi connectivity index (χ4n) is 5.60. The number of aromatic nitrogens is 3. The average Bonchev–Trinajstić information content (AvgIpc) is 3.18. The standard InChI is InChI=1S/C21H36N6O2/c1-3-25-8-5-18-14-19(26-10-12-29-13-11-26)4-6-21(18,16-25)20(28)22-7-9-27-15-17(2)23-24-27/h15,18-19H,3-14,16H2,1-2H3,(H,22,28)/t18-,19+,21-/m1/s1. The van der Waals surface area contributed by atoms with Crippen LogP contribution in [0, 0.1) is 18.3 Å². The van der Waals surface area contributed by atoms with Gasteiger partial charge in [0.2, 0.25) is 5.91 Å². The van der Waals surface area contributed by atoms with E-state index < -0.39 is 0 Å². The number of amides is 1. The van der Waals surface area contributed by atoms with Crippen molar-refractivity contribution in [2.75, 3.05) is 52.5 Å². The molecule has 8 heteroatoms. The molecule has 1 N–H and O–H groups in total. The number of morpholine rings is 1. The molecule has 1 aliphatic carbocycles. The Morgan fingerprint density at radius 1 is 1.31 bits per heavy atom. The summed E-state index contributed by atoms with van der Waals surface area (Å²) in [6, 6.07) is 0.608. The predicted molar refractivity (Wildman–Crippen MR) is 110 cm³/mol. The summed E-state index contributed by atoms with van der Waals surface area (Å²) in [5, 5.41) is 11.4. The monoisotopic (exact) mass is 404 g/mol. The second-order valence-corrected chi connectivity index (χ2v) is 8.97. The van der Waals surface area contributed by atoms with Gasteiger partial charge < -0.3 is 15.0 Å². The van der Waals surface area contributed by atoms with E-state index in [4.69, 9.17) is 4.74 Å². The molecule has 0 bridgehead atoms. The first-order valence-corrected chi connectivity index (χ1v) is 11.3. The van der Waals surface area contributed by atoms with Crippen LogP contribution in [-0.4, -0.2) is 89.2 Å². The molecule has 0 radical (unpaired) electrons. The van der Waals surface area contributed by atoms with E-state index in [0.717, 1.165) is 77.3 Å². The number of nitrogens with one attached hydrogen (secondary N) is 1. The summed E-state index contributed by atoms with van der Waals surface area (Å²) < 4.78 is 7.35. The Morgan fingerprint density at radius 2 is 2.14 bits per heavy atom. The van der Waals surface area contributed by atoms with Gasteiger partial charge in [0, 0.05) is 38.4 Å². The van der Waals surface area contributed by atoms with E-state index >= 15 is 0 Å². The molecule has 1 aromatic rings. The van der Waals surface area contributed by atoms with Crippen LogP contribution in [0.1, 0.15) is 38.3 Å². The van der Waals surface area contributed by atoms with Crippen molar-refractivity contribution in [1.29, 1.82) is 0 Å². The highest BCUT2D eigenvalue weighted by molar-refractivity contribution is 5.83. The van der Waals surface area contributed by atoms with Crippen LogP contribution < -0.4 is 5.32 Å². The van der Waals surface area contributed by atoms with Crippen molar-refractivity contribution >= 4 is 5.91 Å². The Bertz CT molecular complexity index is 688. The topological polar surface area (TPSA) is 75.5 Å². The second-order valence-electron chi connectivity index (χ2n) is 8.97. The highest BCUT2D eigenvalue weighted by atomic mass is 16.5. The van der Waals surface area contributed by atoms with Crippen LogP contribution in [0.5, 0.6) is 0 Å². The van der Waals surface area contributed by atoms with Crippen molar-refractivity contribution in [3.8, 4) is 0 Å². The SMILES string of the molecule is CCN1CC[C@@H]2C[C@@H](N3CCOCC3)CC[C@@]2(C(=O)NCCn2cc(C)nn2)C1. The first kappa shape index (κ1) is 20.8. The molecule has 162 valence electrons. The van der Waals surface area contributed by atoms with Crippen molar-refractivity contribution in [3.05, 3.63) is 11.9 Å². The molecule has 1 amide bonds. The van der Waals surface area contributed by atoms with E-state index in [0.29, 0.717) is 25.0 Å². The lowest BCUT2D eigenvalue weighted by Crippen LogP contribution is -2.61. The molecule has 0 unspecified atom stereocenters. The van der Waals surface area contributed by atoms with Crippen molar-refractivity contribution < 1.29 is 9.53 Å². The maximum absolute atomic E-state index is 13.5. The van der Waals surface area contributed by atoms with E-state index in [9.17, 15) is 4.79 Å². The first-order valence-electron chi connectivity index (χ1n) is 11.3. The summed E-state index contributed by atoms with van der Waals surface area (Å²) in [6.45, 7) is 12.2. The summed E-state index contributed by atoms with van der Waals surface area (Å²) in [7, 11) is 0. The molecule has 2 saturated heterocycles. The van der Waals surface area contributed by atoms with Gasteiger partial charge in [0.05, 0.1) is 30.9 Å². The summed E-state index contributed by atoms with van der Waals surface area (Å²) in [5.74, 6) is 0.721. The van der Waals surface area contributed by atoms with Gasteiger partial charge in [-0.25, -0.2) is 0 Å². The number of nitrogens with zero attached hydrogens (tertiary/aromatic N) is 5. The zero-order valence-corrected chi connectivity index (χ0v) is 18.0. The molecule has 3 atom stereocenters. The molecule has 3 aliphatic rings. The molecular weight excluding hydrogens is 368 g/mol. The van der Waals surface area contributed by atoms with Gasteiger partial charge in [0.25, 0.3) is 0 Å². The summed E-state index contributed by atoms with van der Waals surface area (Å²) in [6.07, 6.45) is 6.30. The number of rotatable bonds is 6. The zero-order valence-electron chi connectivity index (χ0n) is 18.0. The molecule has 29 heavy (non-hydrogen) atoms. The van der Waals surface area contributed by atoms with Crippen LogP contribution in [0.4, 0.5) is 0 Å². The number of hydrogen-bond acceptors (Lipinski definition) is 6. The molecular formula is C21H36N6O2. The van der Waals surface area contributed by atoms with Gasteiger partial charge in [0.15, 0.2) is 0 Å². The number of carbonyl (C=O) groups is 1.